The molecule has 2 N–H and O–H groups in total. The van der Waals surface area contributed by atoms with Crippen LogP contribution >= 0.6 is 0 Å². The molecule has 0 unspecified atom stereocenters. The fraction of sp³-hybridized carbons (Fsp3) is 0.786. The third-order valence-corrected chi connectivity index (χ3v) is 3.50. The van der Waals surface area contributed by atoms with Crippen LogP contribution in [0.4, 0.5) is 11.9 Å². The van der Waals surface area contributed by atoms with Crippen LogP contribution in [0.5, 0.6) is 6.01 Å². The summed E-state index contributed by atoms with van der Waals surface area (Å²) in [5, 5.41) is 12.0. The molecule has 0 spiro atoms. The van der Waals surface area contributed by atoms with Crippen LogP contribution < -0.4 is 15.0 Å². The molecule has 118 valence electrons. The van der Waals surface area contributed by atoms with Crippen molar-refractivity contribution in [3.8, 4) is 6.01 Å². The van der Waals surface area contributed by atoms with Crippen LogP contribution in [-0.2, 0) is 0 Å². The Morgan fingerprint density at radius 3 is 2.62 bits per heavy atom. The van der Waals surface area contributed by atoms with E-state index in [9.17, 15) is 0 Å². The largest absolute Gasteiger partial charge is 0.461 e. The highest BCUT2D eigenvalue weighted by atomic mass is 16.5. The Morgan fingerprint density at radius 2 is 2.10 bits per heavy atom. The maximum atomic E-state index is 9.09. The summed E-state index contributed by atoms with van der Waals surface area (Å²) < 4.78 is 5.61. The quantitative estimate of drug-likeness (QED) is 0.750. The van der Waals surface area contributed by atoms with Gasteiger partial charge in [0, 0.05) is 26.2 Å². The molecule has 1 aromatic rings. The number of aliphatic hydroxyl groups excluding tert-OH is 1. The first-order valence-corrected chi connectivity index (χ1v) is 7.62. The minimum atomic E-state index is 0.0135. The van der Waals surface area contributed by atoms with Crippen molar-refractivity contribution in [1.29, 1.82) is 0 Å². The molecule has 1 aliphatic rings. The van der Waals surface area contributed by atoms with Crippen molar-refractivity contribution in [2.24, 2.45) is 0 Å². The first-order valence-electron chi connectivity index (χ1n) is 7.62. The van der Waals surface area contributed by atoms with Crippen molar-refractivity contribution < 1.29 is 9.84 Å². The summed E-state index contributed by atoms with van der Waals surface area (Å²) in [7, 11) is 1.78. The zero-order valence-electron chi connectivity index (χ0n) is 13.0. The highest BCUT2D eigenvalue weighted by molar-refractivity contribution is 5.39. The van der Waals surface area contributed by atoms with Crippen LogP contribution in [0.2, 0.25) is 0 Å². The second-order valence-electron chi connectivity index (χ2n) is 5.51. The molecule has 1 aromatic heterocycles. The lowest BCUT2D eigenvalue weighted by atomic mass is 9.91. The van der Waals surface area contributed by atoms with Crippen molar-refractivity contribution in [2.45, 2.75) is 51.7 Å². The maximum Gasteiger partial charge on any atom is 0.323 e. The van der Waals surface area contributed by atoms with Gasteiger partial charge in [0.2, 0.25) is 11.9 Å². The van der Waals surface area contributed by atoms with E-state index in [1.807, 2.05) is 13.8 Å². The van der Waals surface area contributed by atoms with Crippen LogP contribution in [0, 0.1) is 0 Å². The fourth-order valence-electron chi connectivity index (χ4n) is 2.23. The van der Waals surface area contributed by atoms with Gasteiger partial charge in [0.15, 0.2) is 0 Å². The van der Waals surface area contributed by atoms with E-state index in [1.165, 1.54) is 6.42 Å². The Kier molecular flexibility index (Phi) is 5.55. The minimum absolute atomic E-state index is 0.0135. The average Bonchev–Trinajstić information content (AvgIpc) is 2.40. The topological polar surface area (TPSA) is 83.4 Å². The molecular weight excluding hydrogens is 270 g/mol. The SMILES string of the molecule is CNc1nc(OC(C)C)nc(N(CCCO)C2CCC2)n1. The van der Waals surface area contributed by atoms with Gasteiger partial charge in [0.25, 0.3) is 0 Å². The number of ether oxygens (including phenoxy) is 1. The van der Waals surface area contributed by atoms with Gasteiger partial charge >= 0.3 is 6.01 Å². The normalized spacial score (nSPS) is 14.9. The van der Waals surface area contributed by atoms with Crippen molar-refractivity contribution in [1.82, 2.24) is 15.0 Å². The highest BCUT2D eigenvalue weighted by Crippen LogP contribution is 2.29. The predicted octanol–water partition coefficient (Wildman–Crippen LogP) is 1.44. The van der Waals surface area contributed by atoms with Gasteiger partial charge in [-0.1, -0.05) is 0 Å². The molecule has 21 heavy (non-hydrogen) atoms. The van der Waals surface area contributed by atoms with E-state index in [0.717, 1.165) is 19.4 Å². The first-order chi connectivity index (χ1) is 10.1. The third kappa shape index (κ3) is 4.17. The molecule has 0 radical (unpaired) electrons. The molecule has 0 aliphatic heterocycles. The molecule has 1 heterocycles. The van der Waals surface area contributed by atoms with Gasteiger partial charge in [-0.15, -0.1) is 0 Å². The molecule has 1 saturated carbocycles. The van der Waals surface area contributed by atoms with Crippen molar-refractivity contribution in [3.05, 3.63) is 0 Å². The van der Waals surface area contributed by atoms with E-state index in [1.54, 1.807) is 7.05 Å². The van der Waals surface area contributed by atoms with E-state index in [4.69, 9.17) is 9.84 Å². The Hall–Kier alpha value is -1.63. The summed E-state index contributed by atoms with van der Waals surface area (Å²) in [6, 6.07) is 0.795. The standard InChI is InChI=1S/C14H25N5O2/c1-10(2)21-14-17-12(15-3)16-13(18-14)19(8-5-9-20)11-6-4-7-11/h10-11,20H,4-9H2,1-3H3,(H,15,16,17,18). The second-order valence-corrected chi connectivity index (χ2v) is 5.51. The molecule has 0 saturated heterocycles. The zero-order valence-corrected chi connectivity index (χ0v) is 13.0. The molecule has 0 atom stereocenters. The van der Waals surface area contributed by atoms with Crippen molar-refractivity contribution in [3.63, 3.8) is 0 Å². The van der Waals surface area contributed by atoms with Gasteiger partial charge in [0.05, 0.1) is 6.10 Å². The number of nitrogens with zero attached hydrogens (tertiary/aromatic N) is 4. The third-order valence-electron chi connectivity index (χ3n) is 3.50. The van der Waals surface area contributed by atoms with E-state index in [-0.39, 0.29) is 12.7 Å². The Morgan fingerprint density at radius 1 is 1.33 bits per heavy atom. The number of rotatable bonds is 8. The first kappa shape index (κ1) is 15.8. The number of aromatic nitrogens is 3. The molecule has 0 aromatic carbocycles. The van der Waals surface area contributed by atoms with Crippen LogP contribution in [0.15, 0.2) is 0 Å². The molecule has 0 bridgehead atoms. The Labute approximate surface area is 125 Å². The van der Waals surface area contributed by atoms with Crippen LogP contribution in [-0.4, -0.2) is 52.4 Å². The van der Waals surface area contributed by atoms with Crippen LogP contribution in [0.3, 0.4) is 0 Å². The molecule has 7 heteroatoms. The molecule has 7 nitrogen and oxygen atoms in total. The highest BCUT2D eigenvalue weighted by Gasteiger charge is 2.27. The number of aliphatic hydroxyl groups is 1. The molecule has 0 amide bonds. The molecule has 1 fully saturated rings. The Bertz CT molecular complexity index is 451. The maximum absolute atomic E-state index is 9.09. The van der Waals surface area contributed by atoms with Gasteiger partial charge in [-0.2, -0.15) is 15.0 Å². The summed E-state index contributed by atoms with van der Waals surface area (Å²) in [5.41, 5.74) is 0. The number of nitrogens with one attached hydrogen (secondary N) is 1. The summed E-state index contributed by atoms with van der Waals surface area (Å²) in [5.74, 6) is 1.13. The average molecular weight is 295 g/mol. The molecule has 2 rings (SSSR count). The van der Waals surface area contributed by atoms with E-state index in [0.29, 0.717) is 30.4 Å². The van der Waals surface area contributed by atoms with E-state index < -0.39 is 0 Å². The Balaban J connectivity index is 2.24. The fourth-order valence-corrected chi connectivity index (χ4v) is 2.23. The summed E-state index contributed by atoms with van der Waals surface area (Å²) in [6.07, 6.45) is 4.25. The number of hydrogen-bond acceptors (Lipinski definition) is 7. The lowest BCUT2D eigenvalue weighted by molar-refractivity contribution is 0.221. The lowest BCUT2D eigenvalue weighted by Gasteiger charge is -2.37. The lowest BCUT2D eigenvalue weighted by Crippen LogP contribution is -2.42. The van der Waals surface area contributed by atoms with Crippen LogP contribution in [0.1, 0.15) is 39.5 Å². The van der Waals surface area contributed by atoms with Gasteiger partial charge in [-0.3, -0.25) is 0 Å². The van der Waals surface area contributed by atoms with Crippen molar-refractivity contribution in [2.75, 3.05) is 30.4 Å². The van der Waals surface area contributed by atoms with Gasteiger partial charge in [-0.25, -0.2) is 0 Å². The minimum Gasteiger partial charge on any atom is -0.461 e. The van der Waals surface area contributed by atoms with Crippen molar-refractivity contribution >= 4 is 11.9 Å². The predicted molar refractivity (Wildman–Crippen MR) is 81.8 cm³/mol. The zero-order chi connectivity index (χ0) is 15.2. The molecule has 1 aliphatic carbocycles. The number of anilines is 2. The smallest absolute Gasteiger partial charge is 0.323 e. The van der Waals surface area contributed by atoms with E-state index in [2.05, 4.69) is 25.2 Å². The second kappa shape index (κ2) is 7.40. The van der Waals surface area contributed by atoms with E-state index >= 15 is 0 Å². The summed E-state index contributed by atoms with van der Waals surface area (Å²) in [6.45, 7) is 4.80. The summed E-state index contributed by atoms with van der Waals surface area (Å²) in [4.78, 5) is 15.3. The van der Waals surface area contributed by atoms with Gasteiger partial charge in [0.1, 0.15) is 0 Å². The monoisotopic (exact) mass is 295 g/mol. The van der Waals surface area contributed by atoms with Gasteiger partial charge in [-0.05, 0) is 39.5 Å². The summed E-state index contributed by atoms with van der Waals surface area (Å²) >= 11 is 0. The van der Waals surface area contributed by atoms with Crippen LogP contribution in [0.25, 0.3) is 0 Å². The molecular formula is C14H25N5O2. The van der Waals surface area contributed by atoms with Gasteiger partial charge < -0.3 is 20.1 Å². The number of hydrogen-bond donors (Lipinski definition) is 2.